The van der Waals surface area contributed by atoms with Crippen LogP contribution in [-0.2, 0) is 10.8 Å². The van der Waals surface area contributed by atoms with Crippen molar-refractivity contribution < 1.29 is 0 Å². The van der Waals surface area contributed by atoms with Crippen molar-refractivity contribution in [3.05, 3.63) is 366 Å². The van der Waals surface area contributed by atoms with Gasteiger partial charge in [0.2, 0.25) is 0 Å². The van der Waals surface area contributed by atoms with E-state index in [9.17, 15) is 0 Å². The fourth-order valence-corrected chi connectivity index (χ4v) is 13.9. The average molecular weight is 1000 g/mol. The molecule has 0 aliphatic heterocycles. The summed E-state index contributed by atoms with van der Waals surface area (Å²) in [6.45, 7) is 0. The molecular formula is C78H53N. The van der Waals surface area contributed by atoms with Gasteiger partial charge in [0, 0.05) is 16.8 Å². The molecule has 13 aromatic rings. The van der Waals surface area contributed by atoms with Crippen LogP contribution in [0.3, 0.4) is 0 Å². The molecule has 0 atom stereocenters. The van der Waals surface area contributed by atoms with Crippen LogP contribution in [0.5, 0.6) is 0 Å². The number of anilines is 3. The highest BCUT2D eigenvalue weighted by Gasteiger charge is 2.48. The largest absolute Gasteiger partial charge is 0.309 e. The maximum absolute atomic E-state index is 2.57. The Kier molecular flexibility index (Phi) is 11.1. The van der Waals surface area contributed by atoms with Crippen molar-refractivity contribution in [2.45, 2.75) is 10.8 Å². The van der Waals surface area contributed by atoms with Gasteiger partial charge in [-0.05, 0) is 124 Å². The Balaban J connectivity index is 1.04. The van der Waals surface area contributed by atoms with Crippen LogP contribution in [0.25, 0.3) is 66.4 Å². The van der Waals surface area contributed by atoms with Crippen LogP contribution < -0.4 is 4.90 Å². The molecule has 0 bridgehead atoms. The summed E-state index contributed by atoms with van der Waals surface area (Å²) >= 11 is 0. The third-order valence-electron chi connectivity index (χ3n) is 17.0. The molecule has 79 heavy (non-hydrogen) atoms. The molecule has 0 saturated carbocycles. The first kappa shape index (κ1) is 46.2. The maximum Gasteiger partial charge on any atom is 0.0714 e. The predicted octanol–water partition coefficient (Wildman–Crippen LogP) is 20.0. The lowest BCUT2D eigenvalue weighted by atomic mass is 9.67. The van der Waals surface area contributed by atoms with Gasteiger partial charge in [-0.15, -0.1) is 0 Å². The van der Waals surface area contributed by atoms with Gasteiger partial charge in [0.25, 0.3) is 0 Å². The van der Waals surface area contributed by atoms with Gasteiger partial charge in [0.15, 0.2) is 0 Å². The number of nitrogens with zero attached hydrogens (tertiary/aromatic N) is 1. The first-order valence-electron chi connectivity index (χ1n) is 27.5. The first-order valence-corrected chi connectivity index (χ1v) is 27.5. The Morgan fingerprint density at radius 3 is 1.18 bits per heavy atom. The number of hydrogen-bond donors (Lipinski definition) is 0. The monoisotopic (exact) mass is 1000 g/mol. The lowest BCUT2D eigenvalue weighted by molar-refractivity contribution is 0.768. The van der Waals surface area contributed by atoms with E-state index in [1.165, 1.54) is 99.8 Å². The third-order valence-corrected chi connectivity index (χ3v) is 17.0. The molecular weight excluding hydrogens is 951 g/mol. The van der Waals surface area contributed by atoms with E-state index in [0.717, 1.165) is 28.2 Å². The number of rotatable bonds is 10. The minimum absolute atomic E-state index is 0.552. The molecule has 15 rings (SSSR count). The van der Waals surface area contributed by atoms with E-state index >= 15 is 0 Å². The number of fused-ring (bicyclic) bond motifs is 7. The molecule has 0 radical (unpaired) electrons. The van der Waals surface area contributed by atoms with Gasteiger partial charge in [-0.2, -0.15) is 0 Å². The van der Waals surface area contributed by atoms with E-state index in [4.69, 9.17) is 0 Å². The maximum atomic E-state index is 2.57. The zero-order valence-electron chi connectivity index (χ0n) is 43.5. The summed E-state index contributed by atoms with van der Waals surface area (Å²) in [5.74, 6) is 0. The summed E-state index contributed by atoms with van der Waals surface area (Å²) in [4.78, 5) is 2.57. The quantitative estimate of drug-likeness (QED) is 0.132. The Morgan fingerprint density at radius 1 is 0.228 bits per heavy atom. The van der Waals surface area contributed by atoms with Crippen LogP contribution in [0.1, 0.15) is 44.5 Å². The van der Waals surface area contributed by atoms with Gasteiger partial charge >= 0.3 is 0 Å². The standard InChI is InChI=1S/C78H53N/c1-6-27-54(28-7-1)61-43-24-29-55-30-25-44-66(75(55)61)64-40-18-22-49-73(64)79(60-51-52-63-62-39-16-20-46-69(62)78(72(63)53-60,58-35-12-4-13-36-58)59-37-14-5-15-38-59)74-50-23-19-41-65(74)67-45-26-48-71-76(67)68-42-17-21-47-70(68)77(71,56-31-8-2-9-32-56)57-33-10-3-11-34-57/h1-53H. The smallest absolute Gasteiger partial charge is 0.0714 e. The zero-order chi connectivity index (χ0) is 52.3. The van der Waals surface area contributed by atoms with E-state index in [2.05, 4.69) is 326 Å². The highest BCUT2D eigenvalue weighted by atomic mass is 15.1. The molecule has 0 N–H and O–H groups in total. The van der Waals surface area contributed by atoms with Crippen molar-refractivity contribution in [3.8, 4) is 55.6 Å². The molecule has 1 nitrogen and oxygen atoms in total. The average Bonchev–Trinajstić information content (AvgIpc) is 3.19. The van der Waals surface area contributed by atoms with Crippen molar-refractivity contribution >= 4 is 27.8 Å². The second kappa shape index (κ2) is 18.9. The normalized spacial score (nSPS) is 13.3. The number of hydrogen-bond acceptors (Lipinski definition) is 1. The van der Waals surface area contributed by atoms with Crippen molar-refractivity contribution in [1.82, 2.24) is 0 Å². The van der Waals surface area contributed by atoms with Gasteiger partial charge in [-0.1, -0.05) is 297 Å². The lowest BCUT2D eigenvalue weighted by Crippen LogP contribution is -2.28. The molecule has 2 aliphatic carbocycles. The Bertz CT molecular complexity index is 4330. The van der Waals surface area contributed by atoms with E-state index < -0.39 is 10.8 Å². The van der Waals surface area contributed by atoms with Crippen LogP contribution >= 0.6 is 0 Å². The predicted molar refractivity (Wildman–Crippen MR) is 330 cm³/mol. The summed E-state index contributed by atoms with van der Waals surface area (Å²) in [6, 6.07) is 120. The van der Waals surface area contributed by atoms with Gasteiger partial charge < -0.3 is 4.90 Å². The van der Waals surface area contributed by atoms with Crippen molar-refractivity contribution in [3.63, 3.8) is 0 Å². The van der Waals surface area contributed by atoms with E-state index in [1.54, 1.807) is 0 Å². The molecule has 0 spiro atoms. The number of para-hydroxylation sites is 2. The van der Waals surface area contributed by atoms with Gasteiger partial charge in [0.1, 0.15) is 0 Å². The molecule has 0 saturated heterocycles. The Labute approximate surface area is 462 Å². The van der Waals surface area contributed by atoms with E-state index in [1.807, 2.05) is 0 Å². The SMILES string of the molecule is c1ccc(-c2cccc3cccc(-c4ccccc4N(c4ccc5c(c4)C(c4ccccc4)(c4ccccc4)c4ccccc4-5)c4ccccc4-c4cccc5c4-c4ccccc4C5(c4ccccc4)c4ccccc4)c23)cc1. The van der Waals surface area contributed by atoms with Crippen molar-refractivity contribution in [2.24, 2.45) is 0 Å². The third kappa shape index (κ3) is 7.03. The zero-order valence-corrected chi connectivity index (χ0v) is 43.5. The highest BCUT2D eigenvalue weighted by molar-refractivity contribution is 6.10. The van der Waals surface area contributed by atoms with Crippen molar-refractivity contribution in [1.29, 1.82) is 0 Å². The molecule has 0 fully saturated rings. The van der Waals surface area contributed by atoms with Crippen LogP contribution in [0.4, 0.5) is 17.1 Å². The van der Waals surface area contributed by atoms with Crippen LogP contribution in [0.15, 0.2) is 322 Å². The van der Waals surface area contributed by atoms with E-state index in [-0.39, 0.29) is 0 Å². The van der Waals surface area contributed by atoms with Crippen LogP contribution in [-0.4, -0.2) is 0 Å². The molecule has 0 heterocycles. The van der Waals surface area contributed by atoms with Gasteiger partial charge in [-0.3, -0.25) is 0 Å². The van der Waals surface area contributed by atoms with E-state index in [0.29, 0.717) is 0 Å². The van der Waals surface area contributed by atoms with Gasteiger partial charge in [0.05, 0.1) is 22.2 Å². The minimum atomic E-state index is -0.600. The summed E-state index contributed by atoms with van der Waals surface area (Å²) in [5.41, 5.74) is 24.2. The number of benzene rings is 13. The molecule has 1 heteroatoms. The summed E-state index contributed by atoms with van der Waals surface area (Å²) < 4.78 is 0. The van der Waals surface area contributed by atoms with Crippen LogP contribution in [0.2, 0.25) is 0 Å². The summed E-state index contributed by atoms with van der Waals surface area (Å²) in [5, 5.41) is 2.43. The minimum Gasteiger partial charge on any atom is -0.309 e. The molecule has 370 valence electrons. The topological polar surface area (TPSA) is 3.24 Å². The van der Waals surface area contributed by atoms with Gasteiger partial charge in [-0.25, -0.2) is 0 Å². The molecule has 0 amide bonds. The molecule has 0 unspecified atom stereocenters. The molecule has 13 aromatic carbocycles. The second-order valence-corrected chi connectivity index (χ2v) is 21.0. The second-order valence-electron chi connectivity index (χ2n) is 21.0. The fraction of sp³-hybridized carbons (Fsp3) is 0.0256. The highest BCUT2D eigenvalue weighted by Crippen LogP contribution is 2.61. The lowest BCUT2D eigenvalue weighted by Gasteiger charge is -2.35. The molecule has 0 aromatic heterocycles. The summed E-state index contributed by atoms with van der Waals surface area (Å²) in [6.07, 6.45) is 0. The van der Waals surface area contributed by atoms with Crippen molar-refractivity contribution in [2.75, 3.05) is 4.90 Å². The molecule has 2 aliphatic rings. The Hall–Kier alpha value is -10.1. The first-order chi connectivity index (χ1) is 39.2. The Morgan fingerprint density at radius 2 is 0.608 bits per heavy atom. The summed E-state index contributed by atoms with van der Waals surface area (Å²) in [7, 11) is 0. The van der Waals surface area contributed by atoms with Crippen LogP contribution in [0, 0.1) is 0 Å². The fourth-order valence-electron chi connectivity index (χ4n) is 13.9.